The van der Waals surface area contributed by atoms with Crippen LogP contribution in [0.3, 0.4) is 0 Å². The fourth-order valence-electron chi connectivity index (χ4n) is 4.32. The Labute approximate surface area is 187 Å². The molecule has 2 heteroatoms. The normalized spacial score (nSPS) is 20.9. The van der Waals surface area contributed by atoms with Crippen LogP contribution in [0.15, 0.2) is 67.3 Å². The maximum Gasteiger partial charge on any atom is 0.109 e. The van der Waals surface area contributed by atoms with Crippen LogP contribution in [-0.4, -0.2) is 24.2 Å². The molecule has 0 bridgehead atoms. The molecule has 0 spiro atoms. The van der Waals surface area contributed by atoms with Gasteiger partial charge in [0.2, 0.25) is 0 Å². The topological polar surface area (TPSA) is 3.24 Å². The van der Waals surface area contributed by atoms with E-state index in [4.69, 9.17) is 0 Å². The van der Waals surface area contributed by atoms with Gasteiger partial charge in [-0.3, -0.25) is 0 Å². The Morgan fingerprint density at radius 1 is 1.13 bits per heavy atom. The highest BCUT2D eigenvalue weighted by atomic mass is 19.1. The van der Waals surface area contributed by atoms with E-state index in [1.807, 2.05) is 45.2 Å². The summed E-state index contributed by atoms with van der Waals surface area (Å²) in [4.78, 5) is 2.07. The van der Waals surface area contributed by atoms with Crippen LogP contribution >= 0.6 is 0 Å². The molecule has 0 aliphatic heterocycles. The van der Waals surface area contributed by atoms with Crippen LogP contribution in [0, 0.1) is 24.2 Å². The summed E-state index contributed by atoms with van der Waals surface area (Å²) in [5.74, 6) is 6.73. The van der Waals surface area contributed by atoms with Crippen molar-refractivity contribution in [3.8, 4) is 11.8 Å². The zero-order chi connectivity index (χ0) is 23.0. The highest BCUT2D eigenvalue weighted by Crippen LogP contribution is 2.54. The highest BCUT2D eigenvalue weighted by molar-refractivity contribution is 5.63. The molecule has 2 aromatic carbocycles. The van der Waals surface area contributed by atoms with Crippen LogP contribution < -0.4 is 0 Å². The summed E-state index contributed by atoms with van der Waals surface area (Å²) in [5, 5.41) is 0. The number of nitrogens with zero attached hydrogens (tertiary/aromatic N) is 1. The maximum absolute atomic E-state index is 14.1. The zero-order valence-corrected chi connectivity index (χ0v) is 19.7. The lowest BCUT2D eigenvalue weighted by Gasteiger charge is -2.36. The van der Waals surface area contributed by atoms with Crippen molar-refractivity contribution in [3.63, 3.8) is 0 Å². The third-order valence-corrected chi connectivity index (χ3v) is 6.59. The number of hydrogen-bond acceptors (Lipinski definition) is 1. The zero-order valence-electron chi connectivity index (χ0n) is 19.7. The first-order valence-electron chi connectivity index (χ1n) is 10.9. The molecule has 2 aromatic rings. The van der Waals surface area contributed by atoms with Crippen LogP contribution in [0.1, 0.15) is 56.4 Å². The van der Waals surface area contributed by atoms with Gasteiger partial charge in [-0.15, -0.1) is 0 Å². The molecule has 0 aromatic heterocycles. The van der Waals surface area contributed by atoms with E-state index in [9.17, 15) is 4.39 Å². The van der Waals surface area contributed by atoms with Crippen molar-refractivity contribution in [2.24, 2.45) is 5.41 Å². The standard InChI is InChI=1S/C29H34FN/c1-20(2)27(29(7)19-26(29)30)31(8)22(4)24-13-11-23(12-14-24)17-18-28(5,6)25-15-9-21(3)10-16-25/h9-16,26-27H,1,4,19H2,2-3,5-8H3. The molecule has 1 aliphatic carbocycles. The molecule has 0 N–H and O–H groups in total. The van der Waals surface area contributed by atoms with Gasteiger partial charge in [-0.1, -0.05) is 79.5 Å². The third kappa shape index (κ3) is 4.77. The molecule has 1 saturated carbocycles. The van der Waals surface area contributed by atoms with E-state index in [2.05, 4.69) is 74.9 Å². The first kappa shape index (κ1) is 22.9. The number of halogens is 1. The van der Waals surface area contributed by atoms with Gasteiger partial charge in [0.1, 0.15) is 6.17 Å². The number of benzene rings is 2. The number of rotatable bonds is 6. The minimum Gasteiger partial charge on any atom is -0.367 e. The Balaban J connectivity index is 1.76. The summed E-state index contributed by atoms with van der Waals surface area (Å²) in [7, 11) is 1.98. The van der Waals surface area contributed by atoms with E-state index < -0.39 is 6.17 Å². The first-order chi connectivity index (χ1) is 14.5. The van der Waals surface area contributed by atoms with E-state index in [1.54, 1.807) is 0 Å². The van der Waals surface area contributed by atoms with Gasteiger partial charge < -0.3 is 4.90 Å². The smallest absolute Gasteiger partial charge is 0.109 e. The molecule has 1 fully saturated rings. The summed E-state index contributed by atoms with van der Waals surface area (Å²) in [6.07, 6.45) is -0.202. The molecule has 31 heavy (non-hydrogen) atoms. The van der Waals surface area contributed by atoms with E-state index in [0.717, 1.165) is 22.4 Å². The SMILES string of the molecule is C=C(C)C(N(C)C(=C)c1ccc(C#CC(C)(C)c2ccc(C)cc2)cc1)C1(C)CC1F. The van der Waals surface area contributed by atoms with Crippen LogP contribution in [-0.2, 0) is 5.41 Å². The average molecular weight is 416 g/mol. The number of aryl methyl sites for hydroxylation is 1. The van der Waals surface area contributed by atoms with Crippen molar-refractivity contribution < 1.29 is 4.39 Å². The Kier molecular flexibility index (Phi) is 6.19. The second-order valence-corrected chi connectivity index (χ2v) is 9.80. The minimum absolute atomic E-state index is 0.0650. The fourth-order valence-corrected chi connectivity index (χ4v) is 4.32. The molecule has 3 unspecified atom stereocenters. The molecule has 1 aliphatic rings. The van der Waals surface area contributed by atoms with Crippen molar-refractivity contribution in [1.82, 2.24) is 4.90 Å². The summed E-state index contributed by atoms with van der Waals surface area (Å²) in [5.41, 5.74) is 5.66. The van der Waals surface area contributed by atoms with Gasteiger partial charge in [0.05, 0.1) is 11.5 Å². The van der Waals surface area contributed by atoms with Gasteiger partial charge in [-0.25, -0.2) is 4.39 Å². The van der Waals surface area contributed by atoms with Gasteiger partial charge in [0.15, 0.2) is 0 Å². The second-order valence-electron chi connectivity index (χ2n) is 9.80. The lowest BCUT2D eigenvalue weighted by molar-refractivity contribution is 0.239. The second kappa shape index (κ2) is 8.39. The molecule has 0 radical (unpaired) electrons. The molecule has 0 saturated heterocycles. The van der Waals surface area contributed by atoms with Gasteiger partial charge in [0, 0.05) is 23.7 Å². The number of hydrogen-bond donors (Lipinski definition) is 0. The molecule has 3 atom stereocenters. The van der Waals surface area contributed by atoms with Crippen molar-refractivity contribution in [2.45, 2.75) is 58.7 Å². The van der Waals surface area contributed by atoms with Gasteiger partial charge in [-0.2, -0.15) is 0 Å². The average Bonchev–Trinajstić information content (AvgIpc) is 3.32. The Bertz CT molecular complexity index is 1030. The third-order valence-electron chi connectivity index (χ3n) is 6.59. The van der Waals surface area contributed by atoms with Gasteiger partial charge >= 0.3 is 0 Å². The van der Waals surface area contributed by atoms with Crippen molar-refractivity contribution in [2.75, 3.05) is 7.05 Å². The van der Waals surface area contributed by atoms with Gasteiger partial charge in [0.25, 0.3) is 0 Å². The van der Waals surface area contributed by atoms with Gasteiger partial charge in [-0.05, 0) is 57.4 Å². The quantitative estimate of drug-likeness (QED) is 0.366. The molecular formula is C29H34FN. The number of alkyl halides is 1. The minimum atomic E-state index is -0.779. The predicted molar refractivity (Wildman–Crippen MR) is 131 cm³/mol. The Morgan fingerprint density at radius 2 is 1.68 bits per heavy atom. The molecule has 0 amide bonds. The van der Waals surface area contributed by atoms with E-state index in [0.29, 0.717) is 6.42 Å². The van der Waals surface area contributed by atoms with E-state index >= 15 is 0 Å². The molecule has 1 nitrogen and oxygen atoms in total. The van der Waals surface area contributed by atoms with Crippen LogP contribution in [0.2, 0.25) is 0 Å². The lowest BCUT2D eigenvalue weighted by Crippen LogP contribution is -2.38. The van der Waals surface area contributed by atoms with Crippen LogP contribution in [0.5, 0.6) is 0 Å². The van der Waals surface area contributed by atoms with Crippen molar-refractivity contribution in [1.29, 1.82) is 0 Å². The Hall–Kier alpha value is -2.79. The van der Waals surface area contributed by atoms with Crippen molar-refractivity contribution in [3.05, 3.63) is 89.5 Å². The summed E-state index contributed by atoms with van der Waals surface area (Å²) < 4.78 is 14.1. The van der Waals surface area contributed by atoms with Crippen LogP contribution in [0.25, 0.3) is 5.70 Å². The molecular weight excluding hydrogens is 381 g/mol. The number of likely N-dealkylation sites (N-methyl/N-ethyl adjacent to an activating group) is 1. The predicted octanol–water partition coefficient (Wildman–Crippen LogP) is 6.92. The van der Waals surface area contributed by atoms with Crippen LogP contribution in [0.4, 0.5) is 4.39 Å². The maximum atomic E-state index is 14.1. The molecule has 0 heterocycles. The Morgan fingerprint density at radius 3 is 2.16 bits per heavy atom. The summed E-state index contributed by atoms with van der Waals surface area (Å²) in [6, 6.07) is 16.6. The summed E-state index contributed by atoms with van der Waals surface area (Å²) >= 11 is 0. The summed E-state index contributed by atoms with van der Waals surface area (Å²) in [6.45, 7) is 18.7. The molecule has 3 rings (SSSR count). The first-order valence-corrected chi connectivity index (χ1v) is 10.9. The molecule has 162 valence electrons. The highest BCUT2D eigenvalue weighted by Gasteiger charge is 2.58. The monoisotopic (exact) mass is 415 g/mol. The fraction of sp³-hybridized carbons (Fsp3) is 0.379. The van der Waals surface area contributed by atoms with E-state index in [1.165, 1.54) is 11.1 Å². The lowest BCUT2D eigenvalue weighted by atomic mass is 9.85. The van der Waals surface area contributed by atoms with Crippen molar-refractivity contribution >= 4 is 5.70 Å². The van der Waals surface area contributed by atoms with E-state index in [-0.39, 0.29) is 16.9 Å². The largest absolute Gasteiger partial charge is 0.367 e.